The van der Waals surface area contributed by atoms with E-state index in [1.165, 1.54) is 4.68 Å². The van der Waals surface area contributed by atoms with Crippen molar-refractivity contribution in [3.8, 4) is 5.75 Å². The largest absolute Gasteiger partial charge is 0.487 e. The molecule has 0 saturated heterocycles. The second kappa shape index (κ2) is 11.9. The van der Waals surface area contributed by atoms with Crippen LogP contribution >= 0.6 is 75.3 Å². The zero-order chi connectivity index (χ0) is 26.0. The second-order valence-electron chi connectivity index (χ2n) is 8.13. The summed E-state index contributed by atoms with van der Waals surface area (Å²) >= 11 is 20.4. The Kier molecular flexibility index (Phi) is 9.09. The van der Waals surface area contributed by atoms with Gasteiger partial charge in [-0.2, -0.15) is 9.78 Å². The molecule has 0 radical (unpaired) electrons. The Morgan fingerprint density at radius 1 is 1.06 bits per heavy atom. The summed E-state index contributed by atoms with van der Waals surface area (Å²) in [7, 11) is 0. The molecule has 10 heteroatoms. The van der Waals surface area contributed by atoms with E-state index >= 15 is 0 Å². The molecule has 5 nitrogen and oxygen atoms in total. The number of aromatic nitrogens is 2. The van der Waals surface area contributed by atoms with Gasteiger partial charge < -0.3 is 4.74 Å². The van der Waals surface area contributed by atoms with E-state index in [0.29, 0.717) is 44.1 Å². The fourth-order valence-corrected chi connectivity index (χ4v) is 5.99. The quantitative estimate of drug-likeness (QED) is 0.177. The van der Waals surface area contributed by atoms with Gasteiger partial charge in [-0.05, 0) is 64.8 Å². The topological polar surface area (TPSA) is 56.5 Å². The Labute approximate surface area is 247 Å². The van der Waals surface area contributed by atoms with Crippen molar-refractivity contribution in [1.29, 1.82) is 0 Å². The molecule has 0 N–H and O–H groups in total. The molecule has 0 saturated carbocycles. The summed E-state index contributed by atoms with van der Waals surface area (Å²) in [6.45, 7) is 4.40. The van der Waals surface area contributed by atoms with Crippen molar-refractivity contribution in [3.63, 3.8) is 0 Å². The van der Waals surface area contributed by atoms with Crippen LogP contribution in [-0.2, 0) is 6.61 Å². The van der Waals surface area contributed by atoms with E-state index in [9.17, 15) is 4.79 Å². The number of benzene rings is 3. The van der Waals surface area contributed by atoms with Crippen LogP contribution in [0.1, 0.15) is 43.1 Å². The molecule has 3 aromatic carbocycles. The van der Waals surface area contributed by atoms with E-state index in [4.69, 9.17) is 21.3 Å². The van der Waals surface area contributed by atoms with Gasteiger partial charge in [0.2, 0.25) is 0 Å². The lowest BCUT2D eigenvalue weighted by molar-refractivity contribution is 0.303. The first-order valence-corrected chi connectivity index (χ1v) is 14.5. The normalized spacial score (nSPS) is 12.4. The van der Waals surface area contributed by atoms with Crippen molar-refractivity contribution in [1.82, 2.24) is 9.66 Å². The summed E-state index contributed by atoms with van der Waals surface area (Å²) in [6.07, 6.45) is 2.39. The Morgan fingerprint density at radius 2 is 1.78 bits per heavy atom. The molecule has 4 aromatic rings. The number of fused-ring (bicyclic) bond motifs is 1. The maximum atomic E-state index is 13.5. The molecule has 186 valence electrons. The van der Waals surface area contributed by atoms with Crippen LogP contribution < -0.4 is 10.3 Å². The van der Waals surface area contributed by atoms with Crippen molar-refractivity contribution >= 4 is 92.4 Å². The first-order valence-electron chi connectivity index (χ1n) is 11.0. The third-order valence-corrected chi connectivity index (χ3v) is 8.16. The van der Waals surface area contributed by atoms with Crippen LogP contribution in [0, 0.1) is 0 Å². The molecule has 1 atom stereocenters. The average molecular weight is 762 g/mol. The number of hydrogen-bond acceptors (Lipinski definition) is 4. The van der Waals surface area contributed by atoms with E-state index in [1.807, 2.05) is 37.3 Å². The van der Waals surface area contributed by atoms with Gasteiger partial charge in [0.1, 0.15) is 18.2 Å². The first kappa shape index (κ1) is 27.5. The van der Waals surface area contributed by atoms with Gasteiger partial charge in [0.15, 0.2) is 0 Å². The van der Waals surface area contributed by atoms with Crippen molar-refractivity contribution in [3.05, 3.63) is 98.7 Å². The predicted molar refractivity (Wildman–Crippen MR) is 161 cm³/mol. The fourth-order valence-electron chi connectivity index (χ4n) is 3.52. The Balaban J connectivity index is 1.78. The number of halogens is 5. The third kappa shape index (κ3) is 6.13. The molecule has 0 amide bonds. The average Bonchev–Trinajstić information content (AvgIpc) is 2.83. The van der Waals surface area contributed by atoms with E-state index in [1.54, 1.807) is 24.4 Å². The molecule has 4 rings (SSSR count). The van der Waals surface area contributed by atoms with Crippen molar-refractivity contribution in [2.24, 2.45) is 5.10 Å². The molecule has 36 heavy (non-hydrogen) atoms. The molecule has 0 aliphatic heterocycles. The van der Waals surface area contributed by atoms with Crippen LogP contribution in [0.3, 0.4) is 0 Å². The molecular weight excluding hydrogens is 741 g/mol. The van der Waals surface area contributed by atoms with E-state index in [-0.39, 0.29) is 11.5 Å². The van der Waals surface area contributed by atoms with Crippen LogP contribution in [0.2, 0.25) is 5.02 Å². The lowest BCUT2D eigenvalue weighted by atomic mass is 10.1. The van der Waals surface area contributed by atoms with Crippen molar-refractivity contribution in [2.45, 2.75) is 32.8 Å². The third-order valence-electron chi connectivity index (χ3n) is 5.62. The molecule has 0 fully saturated rings. The highest BCUT2D eigenvalue weighted by Crippen LogP contribution is 2.33. The van der Waals surface area contributed by atoms with E-state index in [0.717, 1.165) is 25.4 Å². The Morgan fingerprint density at radius 3 is 2.50 bits per heavy atom. The van der Waals surface area contributed by atoms with E-state index < -0.39 is 0 Å². The van der Waals surface area contributed by atoms with Gasteiger partial charge in [-0.15, -0.1) is 0 Å². The first-order chi connectivity index (χ1) is 17.2. The minimum Gasteiger partial charge on any atom is -0.487 e. The van der Waals surface area contributed by atoms with Gasteiger partial charge in [0, 0.05) is 35.5 Å². The van der Waals surface area contributed by atoms with Gasteiger partial charge in [0.25, 0.3) is 5.56 Å². The maximum Gasteiger partial charge on any atom is 0.282 e. The number of rotatable bonds is 7. The zero-order valence-electron chi connectivity index (χ0n) is 19.2. The highest BCUT2D eigenvalue weighted by atomic mass is 79.9. The standard InChI is InChI=1S/C26H20Br4ClN3O2/c1-3-14(2)25-33-23-7-6-17(27)9-20(23)26(35)34(25)32-12-16-8-19(31)11-22(30)24(16)36-13-15-4-5-18(28)10-21(15)29/h4-12,14H,3,13H2,1-2H3/t14-/m1/s1. The minimum atomic E-state index is -0.241. The number of hydrogen-bond donors (Lipinski definition) is 0. The lowest BCUT2D eigenvalue weighted by Crippen LogP contribution is -2.23. The summed E-state index contributed by atoms with van der Waals surface area (Å²) in [5, 5.41) is 5.57. The highest BCUT2D eigenvalue weighted by molar-refractivity contribution is 9.11. The van der Waals surface area contributed by atoms with Crippen LogP contribution in [-0.4, -0.2) is 15.9 Å². The zero-order valence-corrected chi connectivity index (χ0v) is 26.3. The van der Waals surface area contributed by atoms with Gasteiger partial charge in [-0.1, -0.05) is 79.3 Å². The van der Waals surface area contributed by atoms with Crippen LogP contribution in [0.15, 0.2) is 76.3 Å². The predicted octanol–water partition coefficient (Wildman–Crippen LogP) is 9.07. The van der Waals surface area contributed by atoms with Gasteiger partial charge in [-0.3, -0.25) is 4.79 Å². The molecule has 1 aromatic heterocycles. The summed E-state index contributed by atoms with van der Waals surface area (Å²) in [5.41, 5.74) is 2.00. The monoisotopic (exact) mass is 757 g/mol. The Hall–Kier alpha value is -1.52. The summed E-state index contributed by atoms with van der Waals surface area (Å²) in [5.74, 6) is 1.18. The Bertz CT molecular complexity index is 1540. The van der Waals surface area contributed by atoms with E-state index in [2.05, 4.69) is 75.7 Å². The summed E-state index contributed by atoms with van der Waals surface area (Å²) in [6, 6.07) is 14.9. The van der Waals surface area contributed by atoms with Crippen LogP contribution in [0.25, 0.3) is 10.9 Å². The van der Waals surface area contributed by atoms with Crippen LogP contribution in [0.4, 0.5) is 0 Å². The van der Waals surface area contributed by atoms with Crippen molar-refractivity contribution < 1.29 is 4.74 Å². The molecular formula is C26H20Br4ClN3O2. The molecule has 0 unspecified atom stereocenters. The van der Waals surface area contributed by atoms with Gasteiger partial charge >= 0.3 is 0 Å². The van der Waals surface area contributed by atoms with Crippen molar-refractivity contribution in [2.75, 3.05) is 0 Å². The smallest absolute Gasteiger partial charge is 0.282 e. The number of ether oxygens (including phenoxy) is 1. The summed E-state index contributed by atoms with van der Waals surface area (Å²) < 4.78 is 10.9. The second-order valence-corrected chi connectivity index (χ2v) is 12.1. The molecule has 0 aliphatic carbocycles. The molecule has 0 spiro atoms. The fraction of sp³-hybridized carbons (Fsp3) is 0.192. The summed E-state index contributed by atoms with van der Waals surface area (Å²) in [4.78, 5) is 18.2. The lowest BCUT2D eigenvalue weighted by Gasteiger charge is -2.15. The molecule has 0 bridgehead atoms. The highest BCUT2D eigenvalue weighted by Gasteiger charge is 2.17. The van der Waals surface area contributed by atoms with Crippen LogP contribution in [0.5, 0.6) is 5.75 Å². The molecule has 0 aliphatic rings. The maximum absolute atomic E-state index is 13.5. The number of nitrogens with zero attached hydrogens (tertiary/aromatic N) is 3. The minimum absolute atomic E-state index is 0.0273. The van der Waals surface area contributed by atoms with Gasteiger partial charge in [0.05, 0.1) is 21.6 Å². The van der Waals surface area contributed by atoms with Gasteiger partial charge in [-0.25, -0.2) is 4.98 Å². The SMILES string of the molecule is CC[C@@H](C)c1nc2ccc(Br)cc2c(=O)n1N=Cc1cc(Cl)cc(Br)c1OCc1ccc(Br)cc1Br. The molecule has 1 heterocycles.